The lowest BCUT2D eigenvalue weighted by Gasteiger charge is -2.11. The van der Waals surface area contributed by atoms with Gasteiger partial charge in [-0.1, -0.05) is 60.1 Å². The summed E-state index contributed by atoms with van der Waals surface area (Å²) in [7, 11) is 0. The van der Waals surface area contributed by atoms with Gasteiger partial charge in [-0.3, -0.25) is 5.32 Å². The third-order valence-electron chi connectivity index (χ3n) is 5.23. The lowest BCUT2D eigenvalue weighted by atomic mass is 10.2. The highest BCUT2D eigenvalue weighted by molar-refractivity contribution is 6.30. The van der Waals surface area contributed by atoms with Crippen molar-refractivity contribution in [2.24, 2.45) is 0 Å². The second-order valence-corrected chi connectivity index (χ2v) is 7.98. The van der Waals surface area contributed by atoms with Crippen molar-refractivity contribution >= 4 is 34.4 Å². The Labute approximate surface area is 196 Å². The van der Waals surface area contributed by atoms with E-state index in [1.165, 1.54) is 5.56 Å². The highest BCUT2D eigenvalue weighted by atomic mass is 35.5. The monoisotopic (exact) mass is 453 g/mol. The van der Waals surface area contributed by atoms with Crippen molar-refractivity contribution in [2.75, 3.05) is 5.32 Å². The quantitative estimate of drug-likeness (QED) is 0.311. The Bertz CT molecular complexity index is 1410. The van der Waals surface area contributed by atoms with Crippen molar-refractivity contribution in [2.45, 2.75) is 6.54 Å². The first kappa shape index (κ1) is 20.8. The molecular weight excluding hydrogens is 434 g/mol. The molecule has 1 amide bonds. The van der Waals surface area contributed by atoms with Gasteiger partial charge in [0, 0.05) is 22.8 Å². The third kappa shape index (κ3) is 4.73. The first-order chi connectivity index (χ1) is 16.2. The van der Waals surface area contributed by atoms with Gasteiger partial charge < -0.3 is 9.30 Å². The molecule has 33 heavy (non-hydrogen) atoms. The smallest absolute Gasteiger partial charge is 0.410 e. The van der Waals surface area contributed by atoms with Gasteiger partial charge in [-0.2, -0.15) is 0 Å². The molecule has 6 heteroatoms. The number of ether oxygens (including phenoxy) is 1. The van der Waals surface area contributed by atoms with Crippen LogP contribution in [0, 0.1) is 0 Å². The molecular formula is C27H20ClN3O2. The van der Waals surface area contributed by atoms with E-state index in [0.717, 1.165) is 22.4 Å². The summed E-state index contributed by atoms with van der Waals surface area (Å²) in [6, 6.07) is 32.6. The summed E-state index contributed by atoms with van der Waals surface area (Å²) >= 11 is 5.96. The summed E-state index contributed by atoms with van der Waals surface area (Å²) in [6.45, 7) is 0.705. The zero-order valence-corrected chi connectivity index (χ0v) is 18.4. The topological polar surface area (TPSA) is 56.1 Å². The molecule has 0 aliphatic rings. The normalized spacial score (nSPS) is 10.8. The van der Waals surface area contributed by atoms with E-state index in [1.807, 2.05) is 48.5 Å². The minimum Gasteiger partial charge on any atom is -0.410 e. The molecule has 0 aliphatic heterocycles. The van der Waals surface area contributed by atoms with Crippen molar-refractivity contribution in [3.05, 3.63) is 114 Å². The van der Waals surface area contributed by atoms with E-state index in [-0.39, 0.29) is 0 Å². The number of para-hydroxylation sites is 2. The van der Waals surface area contributed by atoms with Crippen LogP contribution in [0.1, 0.15) is 5.56 Å². The molecule has 162 valence electrons. The number of anilines is 1. The van der Waals surface area contributed by atoms with Gasteiger partial charge in [0.05, 0.1) is 11.0 Å². The summed E-state index contributed by atoms with van der Waals surface area (Å²) < 4.78 is 7.61. The number of carbonyl (C=O) groups excluding carboxylic acids is 1. The molecule has 0 fully saturated rings. The molecule has 1 aromatic heterocycles. The van der Waals surface area contributed by atoms with E-state index < -0.39 is 6.09 Å². The van der Waals surface area contributed by atoms with Crippen LogP contribution in [-0.2, 0) is 6.54 Å². The number of nitrogens with one attached hydrogen (secondary N) is 1. The summed E-state index contributed by atoms with van der Waals surface area (Å²) in [5.41, 5.74) is 4.70. The standard InChI is InChI=1S/C27H20ClN3O2/c28-21-9-6-10-22(17-21)29-27(32)33-23-15-13-20(14-16-23)26-30-24-11-4-5-12-25(24)31(26)18-19-7-2-1-3-8-19/h1-17H,18H2,(H,29,32). The number of imidazole rings is 1. The highest BCUT2D eigenvalue weighted by Gasteiger charge is 2.13. The molecule has 0 saturated heterocycles. The van der Waals surface area contributed by atoms with Gasteiger partial charge in [0.1, 0.15) is 11.6 Å². The number of amides is 1. The van der Waals surface area contributed by atoms with Crippen LogP contribution in [0.4, 0.5) is 10.5 Å². The molecule has 0 atom stereocenters. The van der Waals surface area contributed by atoms with Crippen LogP contribution in [0.15, 0.2) is 103 Å². The number of hydrogen-bond donors (Lipinski definition) is 1. The van der Waals surface area contributed by atoms with Crippen LogP contribution >= 0.6 is 11.6 Å². The van der Waals surface area contributed by atoms with Crippen LogP contribution in [0.3, 0.4) is 0 Å². The van der Waals surface area contributed by atoms with Crippen molar-refractivity contribution in [3.8, 4) is 17.1 Å². The van der Waals surface area contributed by atoms with Gasteiger partial charge >= 0.3 is 6.09 Å². The minimum absolute atomic E-state index is 0.434. The fraction of sp³-hybridized carbons (Fsp3) is 0.0370. The fourth-order valence-electron chi connectivity index (χ4n) is 3.71. The summed E-state index contributed by atoms with van der Waals surface area (Å²) in [6.07, 6.45) is -0.582. The number of carbonyl (C=O) groups is 1. The maximum atomic E-state index is 12.2. The van der Waals surface area contributed by atoms with Crippen LogP contribution in [-0.4, -0.2) is 15.6 Å². The van der Waals surface area contributed by atoms with Crippen molar-refractivity contribution in [3.63, 3.8) is 0 Å². The van der Waals surface area contributed by atoms with E-state index in [0.29, 0.717) is 23.0 Å². The van der Waals surface area contributed by atoms with Gasteiger partial charge in [-0.15, -0.1) is 0 Å². The number of fused-ring (bicyclic) bond motifs is 1. The SMILES string of the molecule is O=C(Nc1cccc(Cl)c1)Oc1ccc(-c2nc3ccccc3n2Cc2ccccc2)cc1. The first-order valence-electron chi connectivity index (χ1n) is 10.5. The minimum atomic E-state index is -0.582. The Morgan fingerprint density at radius 3 is 2.42 bits per heavy atom. The molecule has 0 saturated carbocycles. The first-order valence-corrected chi connectivity index (χ1v) is 10.9. The van der Waals surface area contributed by atoms with Crippen molar-refractivity contribution in [1.29, 1.82) is 0 Å². The van der Waals surface area contributed by atoms with Gasteiger partial charge in [-0.25, -0.2) is 9.78 Å². The molecule has 1 heterocycles. The molecule has 0 bridgehead atoms. The van der Waals surface area contributed by atoms with Crippen LogP contribution < -0.4 is 10.1 Å². The lowest BCUT2D eigenvalue weighted by Crippen LogP contribution is -2.16. The largest absolute Gasteiger partial charge is 0.417 e. The van der Waals surface area contributed by atoms with Crippen molar-refractivity contribution in [1.82, 2.24) is 9.55 Å². The van der Waals surface area contributed by atoms with Crippen LogP contribution in [0.2, 0.25) is 5.02 Å². The summed E-state index contributed by atoms with van der Waals surface area (Å²) in [5, 5.41) is 3.21. The van der Waals surface area contributed by atoms with Crippen LogP contribution in [0.5, 0.6) is 5.75 Å². The maximum absolute atomic E-state index is 12.2. The predicted molar refractivity (Wildman–Crippen MR) is 132 cm³/mol. The van der Waals surface area contributed by atoms with Gasteiger partial charge in [0.2, 0.25) is 0 Å². The molecule has 0 unspecified atom stereocenters. The summed E-state index contributed by atoms with van der Waals surface area (Å²) in [4.78, 5) is 17.1. The third-order valence-corrected chi connectivity index (χ3v) is 5.47. The Morgan fingerprint density at radius 1 is 0.879 bits per heavy atom. The highest BCUT2D eigenvalue weighted by Crippen LogP contribution is 2.27. The maximum Gasteiger partial charge on any atom is 0.417 e. The van der Waals surface area contributed by atoms with E-state index in [1.54, 1.807) is 36.4 Å². The lowest BCUT2D eigenvalue weighted by molar-refractivity contribution is 0.215. The number of hydrogen-bond acceptors (Lipinski definition) is 3. The number of halogens is 1. The molecule has 5 aromatic rings. The summed E-state index contributed by atoms with van der Waals surface area (Å²) in [5.74, 6) is 1.29. The Kier molecular flexibility index (Phi) is 5.79. The number of benzene rings is 4. The van der Waals surface area contributed by atoms with Gasteiger partial charge in [0.15, 0.2) is 0 Å². The molecule has 5 rings (SSSR count). The second-order valence-electron chi connectivity index (χ2n) is 7.55. The van der Waals surface area contributed by atoms with Crippen LogP contribution in [0.25, 0.3) is 22.4 Å². The number of aromatic nitrogens is 2. The molecule has 4 aromatic carbocycles. The molecule has 0 aliphatic carbocycles. The van der Waals surface area contributed by atoms with E-state index in [2.05, 4.69) is 28.1 Å². The predicted octanol–water partition coefficient (Wildman–Crippen LogP) is 7.02. The van der Waals surface area contributed by atoms with Gasteiger partial charge in [0.25, 0.3) is 0 Å². The zero-order chi connectivity index (χ0) is 22.6. The number of rotatable bonds is 5. The van der Waals surface area contributed by atoms with E-state index >= 15 is 0 Å². The molecule has 0 radical (unpaired) electrons. The van der Waals surface area contributed by atoms with Gasteiger partial charge in [-0.05, 0) is 60.2 Å². The second kappa shape index (κ2) is 9.18. The Morgan fingerprint density at radius 2 is 1.64 bits per heavy atom. The Hall–Kier alpha value is -4.09. The van der Waals surface area contributed by atoms with Crippen molar-refractivity contribution < 1.29 is 9.53 Å². The average Bonchev–Trinajstić information content (AvgIpc) is 3.18. The van der Waals surface area contributed by atoms with E-state index in [9.17, 15) is 4.79 Å². The Balaban J connectivity index is 1.39. The number of nitrogens with zero attached hydrogens (tertiary/aromatic N) is 2. The molecule has 0 spiro atoms. The zero-order valence-electron chi connectivity index (χ0n) is 17.6. The average molecular weight is 454 g/mol. The van der Waals surface area contributed by atoms with E-state index in [4.69, 9.17) is 21.3 Å². The molecule has 1 N–H and O–H groups in total. The fourth-order valence-corrected chi connectivity index (χ4v) is 3.90. The molecule has 5 nitrogen and oxygen atoms in total.